The summed E-state index contributed by atoms with van der Waals surface area (Å²) in [7, 11) is 0. The summed E-state index contributed by atoms with van der Waals surface area (Å²) in [6, 6.07) is 0. The van der Waals surface area contributed by atoms with Gasteiger partial charge < -0.3 is 5.32 Å². The van der Waals surface area contributed by atoms with Crippen molar-refractivity contribution in [2.24, 2.45) is 0 Å². The minimum absolute atomic E-state index is 0.0784. The number of nitrogens with one attached hydrogen (secondary N) is 1. The molecule has 0 unspecified atom stereocenters. The van der Waals surface area contributed by atoms with Crippen molar-refractivity contribution in [3.63, 3.8) is 0 Å². The second-order valence-electron chi connectivity index (χ2n) is 2.83. The highest BCUT2D eigenvalue weighted by Gasteiger charge is 2.38. The lowest BCUT2D eigenvalue weighted by atomic mass is 9.78. The van der Waals surface area contributed by atoms with Gasteiger partial charge in [0.2, 0.25) is 5.91 Å². The van der Waals surface area contributed by atoms with Crippen LogP contribution in [0.25, 0.3) is 0 Å². The van der Waals surface area contributed by atoms with E-state index < -0.39 is 0 Å². The zero-order chi connectivity index (χ0) is 6.32. The number of hydrogen-bond donors (Lipinski definition) is 1. The lowest BCUT2D eigenvalue weighted by molar-refractivity contribution is -0.117. The quantitative estimate of drug-likeness (QED) is 0.502. The summed E-state index contributed by atoms with van der Waals surface area (Å²) in [4.78, 5) is 10.7. The average Bonchev–Trinajstić information content (AvgIpc) is 2.09. The fourth-order valence-corrected chi connectivity index (χ4v) is 1.41. The molecule has 9 heavy (non-hydrogen) atoms. The molecule has 0 aromatic carbocycles. The van der Waals surface area contributed by atoms with Crippen LogP contribution in [-0.4, -0.2) is 11.4 Å². The molecule has 0 radical (unpaired) electrons. The highest BCUT2D eigenvalue weighted by Crippen LogP contribution is 2.35. The minimum atomic E-state index is 0.0784. The first-order valence-electron chi connectivity index (χ1n) is 3.32. The second kappa shape index (κ2) is 1.38. The third kappa shape index (κ3) is 0.590. The van der Waals surface area contributed by atoms with Crippen LogP contribution in [0.5, 0.6) is 0 Å². The molecule has 0 atom stereocenters. The first-order valence-corrected chi connectivity index (χ1v) is 3.32. The monoisotopic (exact) mass is 123 g/mol. The SMILES string of the molecule is O=C1C=CC2(CCC2)N1. The summed E-state index contributed by atoms with van der Waals surface area (Å²) in [5.41, 5.74) is 0.108. The fraction of sp³-hybridized carbons (Fsp3) is 0.571. The maximum atomic E-state index is 10.7. The van der Waals surface area contributed by atoms with Crippen molar-refractivity contribution in [3.8, 4) is 0 Å². The topological polar surface area (TPSA) is 29.1 Å². The number of carbonyl (C=O) groups is 1. The molecular weight excluding hydrogens is 114 g/mol. The van der Waals surface area contributed by atoms with Crippen molar-refractivity contribution in [2.75, 3.05) is 0 Å². The molecule has 2 heteroatoms. The van der Waals surface area contributed by atoms with Crippen LogP contribution in [-0.2, 0) is 4.79 Å². The van der Waals surface area contributed by atoms with Crippen LogP contribution >= 0.6 is 0 Å². The minimum Gasteiger partial charge on any atom is -0.344 e. The van der Waals surface area contributed by atoms with E-state index in [2.05, 4.69) is 5.32 Å². The average molecular weight is 123 g/mol. The molecule has 1 aliphatic heterocycles. The zero-order valence-corrected chi connectivity index (χ0v) is 5.18. The normalized spacial score (nSPS) is 28.2. The van der Waals surface area contributed by atoms with Gasteiger partial charge in [-0.1, -0.05) is 6.08 Å². The van der Waals surface area contributed by atoms with E-state index in [-0.39, 0.29) is 11.4 Å². The molecule has 2 rings (SSSR count). The van der Waals surface area contributed by atoms with Crippen LogP contribution < -0.4 is 5.32 Å². The van der Waals surface area contributed by atoms with E-state index >= 15 is 0 Å². The zero-order valence-electron chi connectivity index (χ0n) is 5.18. The number of rotatable bonds is 0. The third-order valence-corrected chi connectivity index (χ3v) is 2.17. The predicted octanol–water partition coefficient (Wildman–Crippen LogP) is 0.595. The Bertz CT molecular complexity index is 179. The molecule has 1 N–H and O–H groups in total. The molecule has 2 nitrogen and oxygen atoms in total. The molecule has 2 aliphatic rings. The smallest absolute Gasteiger partial charge is 0.244 e. The summed E-state index contributed by atoms with van der Waals surface area (Å²) in [6.07, 6.45) is 7.16. The van der Waals surface area contributed by atoms with Gasteiger partial charge in [-0.15, -0.1) is 0 Å². The van der Waals surface area contributed by atoms with Crippen LogP contribution in [0.1, 0.15) is 19.3 Å². The van der Waals surface area contributed by atoms with Gasteiger partial charge in [0, 0.05) is 6.08 Å². The van der Waals surface area contributed by atoms with Crippen LogP contribution in [0.15, 0.2) is 12.2 Å². The molecule has 48 valence electrons. The van der Waals surface area contributed by atoms with Crippen molar-refractivity contribution in [3.05, 3.63) is 12.2 Å². The lowest BCUT2D eigenvalue weighted by Gasteiger charge is -2.36. The number of amides is 1. The molecule has 1 spiro atoms. The van der Waals surface area contributed by atoms with Gasteiger partial charge in [0.15, 0.2) is 0 Å². The van der Waals surface area contributed by atoms with Gasteiger partial charge in [0.1, 0.15) is 0 Å². The Morgan fingerprint density at radius 1 is 1.56 bits per heavy atom. The van der Waals surface area contributed by atoms with Gasteiger partial charge >= 0.3 is 0 Å². The predicted molar refractivity (Wildman–Crippen MR) is 33.9 cm³/mol. The van der Waals surface area contributed by atoms with Crippen molar-refractivity contribution in [1.82, 2.24) is 5.32 Å². The van der Waals surface area contributed by atoms with E-state index in [0.29, 0.717) is 0 Å². The highest BCUT2D eigenvalue weighted by molar-refractivity contribution is 5.91. The summed E-state index contributed by atoms with van der Waals surface area (Å²) in [5.74, 6) is 0.0784. The Kier molecular flexibility index (Phi) is 0.770. The first-order chi connectivity index (χ1) is 4.31. The molecule has 0 bridgehead atoms. The second-order valence-corrected chi connectivity index (χ2v) is 2.83. The van der Waals surface area contributed by atoms with Crippen molar-refractivity contribution < 1.29 is 4.79 Å². The van der Waals surface area contributed by atoms with Crippen LogP contribution in [0.2, 0.25) is 0 Å². The van der Waals surface area contributed by atoms with Gasteiger partial charge in [-0.3, -0.25) is 4.79 Å². The molecule has 0 aromatic heterocycles. The molecule has 1 saturated carbocycles. The maximum absolute atomic E-state index is 10.7. The van der Waals surface area contributed by atoms with Gasteiger partial charge in [-0.05, 0) is 19.3 Å². The van der Waals surface area contributed by atoms with Gasteiger partial charge in [0.05, 0.1) is 5.54 Å². The Balaban J connectivity index is 2.17. The molecule has 1 amide bonds. The van der Waals surface area contributed by atoms with Crippen LogP contribution in [0, 0.1) is 0 Å². The van der Waals surface area contributed by atoms with Crippen molar-refractivity contribution in [1.29, 1.82) is 0 Å². The Labute approximate surface area is 53.9 Å². The summed E-state index contributed by atoms with van der Waals surface area (Å²) >= 11 is 0. The fourth-order valence-electron chi connectivity index (χ4n) is 1.41. The molecule has 0 saturated heterocycles. The summed E-state index contributed by atoms with van der Waals surface area (Å²) < 4.78 is 0. The largest absolute Gasteiger partial charge is 0.344 e. The van der Waals surface area contributed by atoms with Crippen LogP contribution in [0.3, 0.4) is 0 Å². The van der Waals surface area contributed by atoms with E-state index in [4.69, 9.17) is 0 Å². The maximum Gasteiger partial charge on any atom is 0.244 e. The Hall–Kier alpha value is -0.790. The number of carbonyl (C=O) groups excluding carboxylic acids is 1. The van der Waals surface area contributed by atoms with E-state index in [1.807, 2.05) is 6.08 Å². The highest BCUT2D eigenvalue weighted by atomic mass is 16.1. The van der Waals surface area contributed by atoms with E-state index in [9.17, 15) is 4.79 Å². The van der Waals surface area contributed by atoms with Gasteiger partial charge in [0.25, 0.3) is 0 Å². The number of hydrogen-bond acceptors (Lipinski definition) is 1. The summed E-state index contributed by atoms with van der Waals surface area (Å²) in [5, 5.41) is 2.92. The molecule has 0 aromatic rings. The van der Waals surface area contributed by atoms with Crippen LogP contribution in [0.4, 0.5) is 0 Å². The molecular formula is C7H9NO. The Morgan fingerprint density at radius 3 is 2.56 bits per heavy atom. The van der Waals surface area contributed by atoms with Gasteiger partial charge in [-0.2, -0.15) is 0 Å². The Morgan fingerprint density at radius 2 is 2.33 bits per heavy atom. The van der Waals surface area contributed by atoms with E-state index in [1.165, 1.54) is 6.42 Å². The standard InChI is InChI=1S/C7H9NO/c9-6-2-5-7(8-6)3-1-4-7/h2,5H,1,3-4H2,(H,8,9). The van der Waals surface area contributed by atoms with E-state index in [1.54, 1.807) is 6.08 Å². The van der Waals surface area contributed by atoms with Crippen molar-refractivity contribution in [2.45, 2.75) is 24.8 Å². The molecule has 1 fully saturated rings. The first kappa shape index (κ1) is 5.03. The third-order valence-electron chi connectivity index (χ3n) is 2.17. The molecule has 1 aliphatic carbocycles. The lowest BCUT2D eigenvalue weighted by Crippen LogP contribution is -2.47. The molecule has 1 heterocycles. The summed E-state index contributed by atoms with van der Waals surface area (Å²) in [6.45, 7) is 0. The van der Waals surface area contributed by atoms with Crippen molar-refractivity contribution >= 4 is 5.91 Å². The van der Waals surface area contributed by atoms with E-state index in [0.717, 1.165) is 12.8 Å². The van der Waals surface area contributed by atoms with Gasteiger partial charge in [-0.25, -0.2) is 0 Å².